The molecule has 0 aliphatic heterocycles. The van der Waals surface area contributed by atoms with Gasteiger partial charge in [0.15, 0.2) is 0 Å². The Hall–Kier alpha value is -2.06. The number of nitrogens with zero attached hydrogens (tertiary/aromatic N) is 2. The second kappa shape index (κ2) is 6.80. The minimum Gasteiger partial charge on any atom is -0.497 e. The van der Waals surface area contributed by atoms with Crippen molar-refractivity contribution in [2.24, 2.45) is 0 Å². The van der Waals surface area contributed by atoms with Crippen molar-refractivity contribution in [3.63, 3.8) is 0 Å². The Morgan fingerprint density at radius 3 is 2.68 bits per heavy atom. The molecule has 0 aliphatic rings. The highest BCUT2D eigenvalue weighted by Crippen LogP contribution is 2.28. The van der Waals surface area contributed by atoms with Gasteiger partial charge in [0.05, 0.1) is 20.8 Å². The van der Waals surface area contributed by atoms with Crippen molar-refractivity contribution in [2.45, 2.75) is 24.4 Å². The largest absolute Gasteiger partial charge is 0.497 e. The molecule has 0 radical (unpaired) electrons. The van der Waals surface area contributed by atoms with Crippen LogP contribution < -0.4 is 14.2 Å². The second-order valence-electron chi connectivity index (χ2n) is 4.77. The SMILES string of the molecule is COc1ccc(OC)c(S(=O)(=O)N[C@H](C)Cn2cccn2)c1. The van der Waals surface area contributed by atoms with E-state index in [0.717, 1.165) is 0 Å². The van der Waals surface area contributed by atoms with Crippen LogP contribution >= 0.6 is 0 Å². The first kappa shape index (κ1) is 16.3. The maximum atomic E-state index is 12.5. The molecule has 2 rings (SSSR count). The Morgan fingerprint density at radius 2 is 2.09 bits per heavy atom. The molecule has 7 nitrogen and oxygen atoms in total. The number of nitrogens with one attached hydrogen (secondary N) is 1. The Morgan fingerprint density at radius 1 is 1.32 bits per heavy atom. The van der Waals surface area contributed by atoms with Crippen molar-refractivity contribution in [1.82, 2.24) is 14.5 Å². The highest BCUT2D eigenvalue weighted by atomic mass is 32.2. The molecule has 1 atom stereocenters. The van der Waals surface area contributed by atoms with E-state index in [2.05, 4.69) is 9.82 Å². The van der Waals surface area contributed by atoms with Gasteiger partial charge in [0.2, 0.25) is 10.0 Å². The lowest BCUT2D eigenvalue weighted by Gasteiger charge is -2.16. The van der Waals surface area contributed by atoms with Crippen molar-refractivity contribution >= 4 is 10.0 Å². The molecule has 0 saturated carbocycles. The molecule has 1 heterocycles. The maximum absolute atomic E-state index is 12.5. The van der Waals surface area contributed by atoms with Gasteiger partial charge >= 0.3 is 0 Å². The van der Waals surface area contributed by atoms with Crippen LogP contribution in [0.3, 0.4) is 0 Å². The van der Waals surface area contributed by atoms with Crippen LogP contribution in [0.25, 0.3) is 0 Å². The quantitative estimate of drug-likeness (QED) is 0.829. The number of benzene rings is 1. The van der Waals surface area contributed by atoms with Gasteiger partial charge in [-0.1, -0.05) is 0 Å². The lowest BCUT2D eigenvalue weighted by Crippen LogP contribution is -2.36. The molecule has 8 heteroatoms. The summed E-state index contributed by atoms with van der Waals surface area (Å²) in [5, 5.41) is 4.06. The minimum atomic E-state index is -3.73. The Bertz CT molecular complexity index is 714. The van der Waals surface area contributed by atoms with Crippen LogP contribution in [0.2, 0.25) is 0 Å². The van der Waals surface area contributed by atoms with Crippen LogP contribution in [0.15, 0.2) is 41.6 Å². The fourth-order valence-corrected chi connectivity index (χ4v) is 3.47. The molecule has 1 aromatic carbocycles. The molecule has 2 aromatic rings. The molecular formula is C14H19N3O4S. The van der Waals surface area contributed by atoms with Crippen molar-refractivity contribution in [1.29, 1.82) is 0 Å². The fourth-order valence-electron chi connectivity index (χ4n) is 2.05. The second-order valence-corrected chi connectivity index (χ2v) is 6.45. The predicted molar refractivity (Wildman–Crippen MR) is 81.6 cm³/mol. The summed E-state index contributed by atoms with van der Waals surface area (Å²) in [6, 6.07) is 6.09. The van der Waals surface area contributed by atoms with Crippen LogP contribution in [0.1, 0.15) is 6.92 Å². The van der Waals surface area contributed by atoms with E-state index in [0.29, 0.717) is 12.3 Å². The molecule has 1 N–H and O–H groups in total. The maximum Gasteiger partial charge on any atom is 0.244 e. The molecule has 22 heavy (non-hydrogen) atoms. The third-order valence-corrected chi connectivity index (χ3v) is 4.65. The third kappa shape index (κ3) is 3.77. The summed E-state index contributed by atoms with van der Waals surface area (Å²) >= 11 is 0. The van der Waals surface area contributed by atoms with Crippen molar-refractivity contribution < 1.29 is 17.9 Å². The van der Waals surface area contributed by atoms with Crippen LogP contribution in [0, 0.1) is 0 Å². The number of rotatable bonds is 7. The van der Waals surface area contributed by atoms with Gasteiger partial charge in [-0.25, -0.2) is 13.1 Å². The zero-order chi connectivity index (χ0) is 16.2. The van der Waals surface area contributed by atoms with Gasteiger partial charge in [-0.2, -0.15) is 5.10 Å². The Kier molecular flexibility index (Phi) is 5.04. The lowest BCUT2D eigenvalue weighted by molar-refractivity contribution is 0.391. The smallest absolute Gasteiger partial charge is 0.244 e. The lowest BCUT2D eigenvalue weighted by atomic mass is 10.3. The summed E-state index contributed by atoms with van der Waals surface area (Å²) < 4.78 is 39.6. The number of ether oxygens (including phenoxy) is 2. The van der Waals surface area contributed by atoms with Crippen LogP contribution in [0.4, 0.5) is 0 Å². The van der Waals surface area contributed by atoms with E-state index in [1.54, 1.807) is 42.2 Å². The first-order valence-electron chi connectivity index (χ1n) is 6.68. The van der Waals surface area contributed by atoms with Crippen molar-refractivity contribution in [2.75, 3.05) is 14.2 Å². The highest BCUT2D eigenvalue weighted by molar-refractivity contribution is 7.89. The van der Waals surface area contributed by atoms with E-state index in [1.807, 2.05) is 0 Å². The van der Waals surface area contributed by atoms with Crippen molar-refractivity contribution in [3.8, 4) is 11.5 Å². The van der Waals surface area contributed by atoms with Gasteiger partial charge in [0.1, 0.15) is 16.4 Å². The van der Waals surface area contributed by atoms with Crippen LogP contribution in [0.5, 0.6) is 11.5 Å². The number of hydrogen-bond acceptors (Lipinski definition) is 5. The fraction of sp³-hybridized carbons (Fsp3) is 0.357. The number of sulfonamides is 1. The van der Waals surface area contributed by atoms with E-state index in [4.69, 9.17) is 9.47 Å². The number of hydrogen-bond donors (Lipinski definition) is 1. The molecule has 0 unspecified atom stereocenters. The zero-order valence-corrected chi connectivity index (χ0v) is 13.5. The summed E-state index contributed by atoms with van der Waals surface area (Å²) in [4.78, 5) is 0.0432. The predicted octanol–water partition coefficient (Wildman–Crippen LogP) is 1.27. The monoisotopic (exact) mass is 325 g/mol. The Balaban J connectivity index is 2.22. The summed E-state index contributed by atoms with van der Waals surface area (Å²) in [5.41, 5.74) is 0. The van der Waals surface area contributed by atoms with Gasteiger partial charge in [-0.3, -0.25) is 4.68 Å². The van der Waals surface area contributed by atoms with E-state index in [1.165, 1.54) is 20.3 Å². The third-order valence-electron chi connectivity index (χ3n) is 3.04. The summed E-state index contributed by atoms with van der Waals surface area (Å²) in [6.07, 6.45) is 3.42. The summed E-state index contributed by atoms with van der Waals surface area (Å²) in [5.74, 6) is 0.709. The molecule has 0 aliphatic carbocycles. The van der Waals surface area contributed by atoms with E-state index >= 15 is 0 Å². The first-order valence-corrected chi connectivity index (χ1v) is 8.16. The zero-order valence-electron chi connectivity index (χ0n) is 12.7. The molecule has 0 saturated heterocycles. The van der Waals surface area contributed by atoms with Crippen molar-refractivity contribution in [3.05, 3.63) is 36.7 Å². The number of methoxy groups -OCH3 is 2. The normalized spacial score (nSPS) is 12.9. The average molecular weight is 325 g/mol. The molecule has 1 aromatic heterocycles. The van der Waals surface area contributed by atoms with Gasteiger partial charge in [0.25, 0.3) is 0 Å². The minimum absolute atomic E-state index is 0.0432. The van der Waals surface area contributed by atoms with Gasteiger partial charge in [-0.05, 0) is 25.1 Å². The highest BCUT2D eigenvalue weighted by Gasteiger charge is 2.22. The van der Waals surface area contributed by atoms with Gasteiger partial charge in [0, 0.05) is 24.5 Å². The first-order chi connectivity index (χ1) is 10.5. The number of aromatic nitrogens is 2. The van der Waals surface area contributed by atoms with E-state index in [-0.39, 0.29) is 16.7 Å². The standard InChI is InChI=1S/C14H19N3O4S/c1-11(10-17-8-4-7-15-17)16-22(18,19)14-9-12(20-2)5-6-13(14)21-3/h4-9,11,16H,10H2,1-3H3/t11-/m1/s1. The summed E-state index contributed by atoms with van der Waals surface area (Å²) in [7, 11) is -0.831. The topological polar surface area (TPSA) is 82.5 Å². The molecule has 120 valence electrons. The Labute approximate surface area is 129 Å². The van der Waals surface area contributed by atoms with Gasteiger partial charge < -0.3 is 9.47 Å². The molecule has 0 fully saturated rings. The molecule has 0 amide bonds. The van der Waals surface area contributed by atoms with E-state index in [9.17, 15) is 8.42 Å². The van der Waals surface area contributed by atoms with E-state index < -0.39 is 10.0 Å². The molecule has 0 bridgehead atoms. The molecular weight excluding hydrogens is 306 g/mol. The average Bonchev–Trinajstić information content (AvgIpc) is 2.98. The van der Waals surface area contributed by atoms with Crippen LogP contribution in [-0.2, 0) is 16.6 Å². The summed E-state index contributed by atoms with van der Waals surface area (Å²) in [6.45, 7) is 2.20. The van der Waals surface area contributed by atoms with Crippen LogP contribution in [-0.4, -0.2) is 38.5 Å². The molecule has 0 spiro atoms. The van der Waals surface area contributed by atoms with Gasteiger partial charge in [-0.15, -0.1) is 0 Å².